The van der Waals surface area contributed by atoms with Gasteiger partial charge < -0.3 is 9.80 Å². The van der Waals surface area contributed by atoms with E-state index in [9.17, 15) is 9.59 Å². The first-order chi connectivity index (χ1) is 8.04. The third-order valence-corrected chi connectivity index (χ3v) is 2.97. The van der Waals surface area contributed by atoms with Gasteiger partial charge in [-0.25, -0.2) is 4.98 Å². The number of nitrogens with zero attached hydrogens (tertiary/aromatic N) is 3. The Hall–Kier alpha value is -1.69. The molecule has 1 rings (SSSR count). The van der Waals surface area contributed by atoms with Crippen molar-refractivity contribution in [3.05, 3.63) is 29.2 Å². The summed E-state index contributed by atoms with van der Waals surface area (Å²) >= 11 is 1.50. The molecular weight excluding hydrogens is 238 g/mol. The van der Waals surface area contributed by atoms with Crippen LogP contribution in [-0.2, 0) is 16.1 Å². The first-order valence-corrected chi connectivity index (χ1v) is 5.92. The average molecular weight is 253 g/mol. The van der Waals surface area contributed by atoms with Crippen molar-refractivity contribution in [1.82, 2.24) is 14.8 Å². The van der Waals surface area contributed by atoms with E-state index in [0.29, 0.717) is 6.54 Å². The lowest BCUT2D eigenvalue weighted by molar-refractivity contribution is -0.136. The van der Waals surface area contributed by atoms with Gasteiger partial charge >= 0.3 is 0 Å². The smallest absolute Gasteiger partial charge is 0.246 e. The Kier molecular flexibility index (Phi) is 4.84. The average Bonchev–Trinajstić information content (AvgIpc) is 2.80. The third-order valence-electron chi connectivity index (χ3n) is 2.20. The zero-order valence-electron chi connectivity index (χ0n) is 9.92. The number of amides is 2. The largest absolute Gasteiger partial charge is 0.337 e. The molecule has 0 fully saturated rings. The Labute approximate surface area is 104 Å². The van der Waals surface area contributed by atoms with Crippen LogP contribution in [0.25, 0.3) is 0 Å². The van der Waals surface area contributed by atoms with E-state index >= 15 is 0 Å². The standard InChI is InChI=1S/C11H15N3O2S/c1-4-10(15)14(3)8-11(16)13(2)7-9-12-5-6-17-9/h4-6H,1,7-8H2,2-3H3. The molecule has 1 heterocycles. The summed E-state index contributed by atoms with van der Waals surface area (Å²) in [5.74, 6) is -0.390. The van der Waals surface area contributed by atoms with Crippen LogP contribution in [0.15, 0.2) is 24.2 Å². The Morgan fingerprint density at radius 3 is 2.71 bits per heavy atom. The molecule has 5 nitrogen and oxygen atoms in total. The summed E-state index contributed by atoms with van der Waals surface area (Å²) in [6, 6.07) is 0. The van der Waals surface area contributed by atoms with Crippen LogP contribution in [0.2, 0.25) is 0 Å². The Balaban J connectivity index is 2.47. The van der Waals surface area contributed by atoms with Crippen molar-refractivity contribution in [2.75, 3.05) is 20.6 Å². The highest BCUT2D eigenvalue weighted by Crippen LogP contribution is 2.07. The molecule has 1 aromatic heterocycles. The minimum atomic E-state index is -0.263. The zero-order valence-corrected chi connectivity index (χ0v) is 10.7. The number of aromatic nitrogens is 1. The predicted molar refractivity (Wildman–Crippen MR) is 66.4 cm³/mol. The molecule has 0 aliphatic rings. The molecule has 0 saturated carbocycles. The van der Waals surface area contributed by atoms with Crippen molar-refractivity contribution < 1.29 is 9.59 Å². The molecule has 0 aliphatic carbocycles. The summed E-state index contributed by atoms with van der Waals surface area (Å²) in [4.78, 5) is 30.0. The number of rotatable bonds is 5. The first-order valence-electron chi connectivity index (χ1n) is 5.04. The van der Waals surface area contributed by atoms with Gasteiger partial charge in [0.15, 0.2) is 0 Å². The zero-order chi connectivity index (χ0) is 12.8. The normalized spacial score (nSPS) is 9.76. The van der Waals surface area contributed by atoms with Gasteiger partial charge in [0.1, 0.15) is 5.01 Å². The van der Waals surface area contributed by atoms with Gasteiger partial charge in [0, 0.05) is 25.7 Å². The second-order valence-corrected chi connectivity index (χ2v) is 4.55. The van der Waals surface area contributed by atoms with Crippen molar-refractivity contribution in [1.29, 1.82) is 0 Å². The molecule has 6 heteroatoms. The lowest BCUT2D eigenvalue weighted by Crippen LogP contribution is -2.38. The maximum atomic E-state index is 11.8. The van der Waals surface area contributed by atoms with Crippen molar-refractivity contribution in [3.8, 4) is 0 Å². The predicted octanol–water partition coefficient (Wildman–Crippen LogP) is 0.746. The van der Waals surface area contributed by atoms with Crippen molar-refractivity contribution in [2.24, 2.45) is 0 Å². The van der Waals surface area contributed by atoms with E-state index in [4.69, 9.17) is 0 Å². The van der Waals surface area contributed by atoms with Gasteiger partial charge in [-0.15, -0.1) is 11.3 Å². The molecule has 0 radical (unpaired) electrons. The highest BCUT2D eigenvalue weighted by molar-refractivity contribution is 7.09. The van der Waals surface area contributed by atoms with Crippen LogP contribution in [0.1, 0.15) is 5.01 Å². The first kappa shape index (κ1) is 13.4. The van der Waals surface area contributed by atoms with Gasteiger partial charge in [-0.05, 0) is 6.08 Å². The fourth-order valence-electron chi connectivity index (χ4n) is 1.18. The topological polar surface area (TPSA) is 53.5 Å². The molecule has 0 atom stereocenters. The molecular formula is C11H15N3O2S. The monoisotopic (exact) mass is 253 g/mol. The van der Waals surface area contributed by atoms with E-state index in [1.165, 1.54) is 22.3 Å². The lowest BCUT2D eigenvalue weighted by Gasteiger charge is -2.20. The number of likely N-dealkylation sites (N-methyl/N-ethyl adjacent to an activating group) is 2. The quantitative estimate of drug-likeness (QED) is 0.727. The van der Waals surface area contributed by atoms with Gasteiger partial charge in [0.05, 0.1) is 13.1 Å². The summed E-state index contributed by atoms with van der Waals surface area (Å²) in [7, 11) is 3.26. The molecule has 0 bridgehead atoms. The molecule has 92 valence electrons. The molecule has 0 aromatic carbocycles. The second kappa shape index (κ2) is 6.15. The minimum absolute atomic E-state index is 0.0483. The van der Waals surface area contributed by atoms with E-state index in [1.54, 1.807) is 25.2 Å². The van der Waals surface area contributed by atoms with E-state index in [0.717, 1.165) is 5.01 Å². The van der Waals surface area contributed by atoms with Gasteiger partial charge in [-0.3, -0.25) is 9.59 Å². The number of thiazole rings is 1. The van der Waals surface area contributed by atoms with Crippen LogP contribution in [0, 0.1) is 0 Å². The van der Waals surface area contributed by atoms with Crippen molar-refractivity contribution >= 4 is 23.2 Å². The van der Waals surface area contributed by atoms with Gasteiger partial charge in [0.2, 0.25) is 11.8 Å². The highest BCUT2D eigenvalue weighted by Gasteiger charge is 2.14. The van der Waals surface area contributed by atoms with E-state index in [-0.39, 0.29) is 18.4 Å². The lowest BCUT2D eigenvalue weighted by atomic mass is 10.4. The molecule has 17 heavy (non-hydrogen) atoms. The Bertz CT molecular complexity index is 403. The maximum absolute atomic E-state index is 11.8. The van der Waals surface area contributed by atoms with Crippen LogP contribution in [0.4, 0.5) is 0 Å². The number of carbonyl (C=O) groups is 2. The van der Waals surface area contributed by atoms with Crippen LogP contribution < -0.4 is 0 Å². The van der Waals surface area contributed by atoms with E-state index in [2.05, 4.69) is 11.6 Å². The second-order valence-electron chi connectivity index (χ2n) is 3.57. The molecule has 0 unspecified atom stereocenters. The van der Waals surface area contributed by atoms with E-state index < -0.39 is 0 Å². The Morgan fingerprint density at radius 2 is 2.18 bits per heavy atom. The maximum Gasteiger partial charge on any atom is 0.246 e. The van der Waals surface area contributed by atoms with Crippen LogP contribution >= 0.6 is 11.3 Å². The number of hydrogen-bond donors (Lipinski definition) is 0. The fraction of sp³-hybridized carbons (Fsp3) is 0.364. The third kappa shape index (κ3) is 3.99. The summed E-state index contributed by atoms with van der Waals surface area (Å²) in [6.45, 7) is 3.88. The summed E-state index contributed by atoms with van der Waals surface area (Å²) in [5, 5.41) is 2.74. The molecule has 0 spiro atoms. The van der Waals surface area contributed by atoms with Crippen LogP contribution in [0.5, 0.6) is 0 Å². The molecule has 1 aromatic rings. The molecule has 2 amide bonds. The number of hydrogen-bond acceptors (Lipinski definition) is 4. The highest BCUT2D eigenvalue weighted by atomic mass is 32.1. The minimum Gasteiger partial charge on any atom is -0.337 e. The van der Waals surface area contributed by atoms with Gasteiger partial charge in [-0.2, -0.15) is 0 Å². The number of carbonyl (C=O) groups excluding carboxylic acids is 2. The van der Waals surface area contributed by atoms with Gasteiger partial charge in [0.25, 0.3) is 0 Å². The summed E-state index contributed by atoms with van der Waals surface area (Å²) < 4.78 is 0. The molecule has 0 N–H and O–H groups in total. The summed E-state index contributed by atoms with van der Waals surface area (Å²) in [5.41, 5.74) is 0. The molecule has 0 saturated heterocycles. The van der Waals surface area contributed by atoms with Crippen LogP contribution in [0.3, 0.4) is 0 Å². The van der Waals surface area contributed by atoms with Crippen LogP contribution in [-0.4, -0.2) is 47.2 Å². The SMILES string of the molecule is C=CC(=O)N(C)CC(=O)N(C)Cc1nccs1. The summed E-state index contributed by atoms with van der Waals surface area (Å²) in [6.07, 6.45) is 2.89. The van der Waals surface area contributed by atoms with Crippen molar-refractivity contribution in [3.63, 3.8) is 0 Å². The van der Waals surface area contributed by atoms with Crippen molar-refractivity contribution in [2.45, 2.75) is 6.54 Å². The Morgan fingerprint density at radius 1 is 1.47 bits per heavy atom. The van der Waals surface area contributed by atoms with E-state index in [1.807, 2.05) is 5.38 Å². The fourth-order valence-corrected chi connectivity index (χ4v) is 1.85. The molecule has 0 aliphatic heterocycles. The van der Waals surface area contributed by atoms with Gasteiger partial charge in [-0.1, -0.05) is 6.58 Å².